The van der Waals surface area contributed by atoms with Crippen molar-refractivity contribution in [2.24, 2.45) is 0 Å². The first-order valence-corrected chi connectivity index (χ1v) is 4.28. The average Bonchev–Trinajstić information content (AvgIpc) is 2.45. The first kappa shape index (κ1) is 10.7. The van der Waals surface area contributed by atoms with E-state index in [4.69, 9.17) is 5.11 Å². The number of carbonyl (C=O) groups excluding carboxylic acids is 1. The summed E-state index contributed by atoms with van der Waals surface area (Å²) < 4.78 is 12.9. The van der Waals surface area contributed by atoms with E-state index < -0.39 is 18.3 Å². The van der Waals surface area contributed by atoms with Crippen LogP contribution >= 0.6 is 0 Å². The second-order valence-corrected chi connectivity index (χ2v) is 3.52. The average molecular weight is 204 g/mol. The van der Waals surface area contributed by atoms with E-state index in [1.54, 1.807) is 0 Å². The Morgan fingerprint density at radius 1 is 1.50 bits per heavy atom. The standard InChI is InChI=1S/C8H13FN2O3/c1-10(2)7(12)6-3-5(9)4-11(6)8(13)14/h5-6H,3-4H2,1-2H3,(H,13,14)/t5?,6-/m1/s1. The highest BCUT2D eigenvalue weighted by atomic mass is 19.1. The van der Waals surface area contributed by atoms with E-state index >= 15 is 0 Å². The van der Waals surface area contributed by atoms with E-state index in [0.29, 0.717) is 0 Å². The Kier molecular flexibility index (Phi) is 2.93. The monoisotopic (exact) mass is 204 g/mol. The van der Waals surface area contributed by atoms with Crippen molar-refractivity contribution in [3.8, 4) is 0 Å². The van der Waals surface area contributed by atoms with Crippen LogP contribution in [0.3, 0.4) is 0 Å². The molecule has 14 heavy (non-hydrogen) atoms. The molecule has 0 saturated carbocycles. The van der Waals surface area contributed by atoms with Gasteiger partial charge in [-0.25, -0.2) is 9.18 Å². The van der Waals surface area contributed by atoms with Gasteiger partial charge in [-0.15, -0.1) is 0 Å². The fourth-order valence-electron chi connectivity index (χ4n) is 1.53. The lowest BCUT2D eigenvalue weighted by Gasteiger charge is -2.22. The SMILES string of the molecule is CN(C)C(=O)[C@H]1CC(F)CN1C(=O)O. The molecule has 1 heterocycles. The van der Waals surface area contributed by atoms with Crippen LogP contribution in [0.15, 0.2) is 0 Å². The summed E-state index contributed by atoms with van der Waals surface area (Å²) in [5.41, 5.74) is 0. The molecule has 2 amide bonds. The summed E-state index contributed by atoms with van der Waals surface area (Å²) in [6, 6.07) is -0.863. The van der Waals surface area contributed by atoms with Crippen LogP contribution in [0, 0.1) is 0 Å². The molecular weight excluding hydrogens is 191 g/mol. The Bertz CT molecular complexity index is 257. The number of carbonyl (C=O) groups is 2. The van der Waals surface area contributed by atoms with Crippen LogP contribution in [-0.4, -0.2) is 59.8 Å². The molecule has 1 N–H and O–H groups in total. The second kappa shape index (κ2) is 3.81. The lowest BCUT2D eigenvalue weighted by molar-refractivity contribution is -0.132. The Hall–Kier alpha value is -1.33. The van der Waals surface area contributed by atoms with Crippen molar-refractivity contribution in [1.29, 1.82) is 0 Å². The van der Waals surface area contributed by atoms with E-state index in [9.17, 15) is 14.0 Å². The first-order valence-electron chi connectivity index (χ1n) is 4.28. The maximum absolute atomic E-state index is 12.9. The molecule has 5 nitrogen and oxygen atoms in total. The van der Waals surface area contributed by atoms with Crippen molar-refractivity contribution in [2.45, 2.75) is 18.6 Å². The fraction of sp³-hybridized carbons (Fsp3) is 0.750. The number of alkyl halides is 1. The third-order valence-corrected chi connectivity index (χ3v) is 2.22. The lowest BCUT2D eigenvalue weighted by Crippen LogP contribution is -2.44. The number of carboxylic acid groups (broad SMARTS) is 1. The molecule has 6 heteroatoms. The quantitative estimate of drug-likeness (QED) is 0.662. The van der Waals surface area contributed by atoms with Crippen LogP contribution in [0.2, 0.25) is 0 Å². The van der Waals surface area contributed by atoms with Crippen molar-refractivity contribution >= 4 is 12.0 Å². The highest BCUT2D eigenvalue weighted by Gasteiger charge is 2.40. The molecule has 1 rings (SSSR count). The molecule has 1 saturated heterocycles. The van der Waals surface area contributed by atoms with Crippen LogP contribution < -0.4 is 0 Å². The zero-order valence-electron chi connectivity index (χ0n) is 8.11. The number of likely N-dealkylation sites (N-methyl/N-ethyl adjacent to an activating group) is 1. The number of rotatable bonds is 1. The molecule has 0 aromatic heterocycles. The highest BCUT2D eigenvalue weighted by molar-refractivity contribution is 5.85. The molecule has 0 spiro atoms. The minimum atomic E-state index is -1.25. The first-order chi connectivity index (χ1) is 6.43. The van der Waals surface area contributed by atoms with E-state index in [0.717, 1.165) is 4.90 Å². The molecule has 0 aliphatic carbocycles. The zero-order valence-corrected chi connectivity index (χ0v) is 8.11. The van der Waals surface area contributed by atoms with Crippen LogP contribution in [-0.2, 0) is 4.79 Å². The summed E-state index contributed by atoms with van der Waals surface area (Å²) >= 11 is 0. The van der Waals surface area contributed by atoms with Gasteiger partial charge < -0.3 is 10.0 Å². The minimum Gasteiger partial charge on any atom is -0.465 e. The molecule has 80 valence electrons. The van der Waals surface area contributed by atoms with Gasteiger partial charge in [-0.2, -0.15) is 0 Å². The third-order valence-electron chi connectivity index (χ3n) is 2.22. The summed E-state index contributed by atoms with van der Waals surface area (Å²) in [5.74, 6) is -0.368. The Morgan fingerprint density at radius 2 is 2.07 bits per heavy atom. The van der Waals surface area contributed by atoms with Crippen molar-refractivity contribution in [3.63, 3.8) is 0 Å². The number of hydrogen-bond acceptors (Lipinski definition) is 2. The molecule has 1 aliphatic rings. The van der Waals surface area contributed by atoms with E-state index in [1.165, 1.54) is 19.0 Å². The van der Waals surface area contributed by atoms with Crippen molar-refractivity contribution in [2.75, 3.05) is 20.6 Å². The zero-order chi connectivity index (χ0) is 10.9. The van der Waals surface area contributed by atoms with E-state index in [-0.39, 0.29) is 18.9 Å². The van der Waals surface area contributed by atoms with E-state index in [1.807, 2.05) is 0 Å². The maximum atomic E-state index is 12.9. The summed E-state index contributed by atoms with van der Waals surface area (Å²) in [6.45, 7) is -0.209. The van der Waals surface area contributed by atoms with Crippen molar-refractivity contribution in [3.05, 3.63) is 0 Å². The highest BCUT2D eigenvalue weighted by Crippen LogP contribution is 2.21. The Balaban J connectivity index is 2.76. The van der Waals surface area contributed by atoms with Gasteiger partial charge >= 0.3 is 6.09 Å². The van der Waals surface area contributed by atoms with Crippen LogP contribution in [0.4, 0.5) is 9.18 Å². The summed E-state index contributed by atoms with van der Waals surface area (Å²) in [4.78, 5) is 24.3. The molecule has 0 aromatic carbocycles. The van der Waals surface area contributed by atoms with Gasteiger partial charge in [-0.05, 0) is 0 Å². The van der Waals surface area contributed by atoms with Gasteiger partial charge in [0.05, 0.1) is 6.54 Å². The number of likely N-dealkylation sites (tertiary alicyclic amines) is 1. The van der Waals surface area contributed by atoms with Gasteiger partial charge in [-0.3, -0.25) is 9.69 Å². The van der Waals surface area contributed by atoms with Gasteiger partial charge in [0.1, 0.15) is 12.2 Å². The lowest BCUT2D eigenvalue weighted by atomic mass is 10.2. The van der Waals surface area contributed by atoms with Crippen LogP contribution in [0.5, 0.6) is 0 Å². The van der Waals surface area contributed by atoms with Gasteiger partial charge in [0.25, 0.3) is 0 Å². The smallest absolute Gasteiger partial charge is 0.408 e. The fourth-order valence-corrected chi connectivity index (χ4v) is 1.53. The summed E-state index contributed by atoms with van der Waals surface area (Å²) in [7, 11) is 3.04. The summed E-state index contributed by atoms with van der Waals surface area (Å²) in [5, 5.41) is 8.72. The predicted octanol–water partition coefficient (Wildman–Crippen LogP) is 0.165. The molecule has 1 unspecified atom stereocenters. The molecular formula is C8H13FN2O3. The largest absolute Gasteiger partial charge is 0.465 e. The number of nitrogens with zero attached hydrogens (tertiary/aromatic N) is 2. The Morgan fingerprint density at radius 3 is 2.50 bits per heavy atom. The second-order valence-electron chi connectivity index (χ2n) is 3.52. The van der Waals surface area contributed by atoms with Gasteiger partial charge in [0.2, 0.25) is 5.91 Å². The molecule has 0 bridgehead atoms. The topological polar surface area (TPSA) is 60.9 Å². The molecule has 1 fully saturated rings. The number of amides is 2. The van der Waals surface area contributed by atoms with Gasteiger partial charge in [0, 0.05) is 20.5 Å². The minimum absolute atomic E-state index is 0.0384. The van der Waals surface area contributed by atoms with Crippen molar-refractivity contribution < 1.29 is 19.1 Å². The van der Waals surface area contributed by atoms with Crippen LogP contribution in [0.1, 0.15) is 6.42 Å². The molecule has 0 radical (unpaired) electrons. The number of hydrogen-bond donors (Lipinski definition) is 1. The van der Waals surface area contributed by atoms with Gasteiger partial charge in [0.15, 0.2) is 0 Å². The normalized spacial score (nSPS) is 26.4. The predicted molar refractivity (Wildman–Crippen MR) is 46.7 cm³/mol. The van der Waals surface area contributed by atoms with Crippen LogP contribution in [0.25, 0.3) is 0 Å². The summed E-state index contributed by atoms with van der Waals surface area (Å²) in [6.07, 6.45) is -2.52. The molecule has 2 atom stereocenters. The third kappa shape index (κ3) is 1.94. The van der Waals surface area contributed by atoms with Gasteiger partial charge in [-0.1, -0.05) is 0 Å². The molecule has 0 aromatic rings. The maximum Gasteiger partial charge on any atom is 0.408 e. The number of halogens is 1. The van der Waals surface area contributed by atoms with Crippen molar-refractivity contribution in [1.82, 2.24) is 9.80 Å². The Labute approximate surface area is 81.1 Å². The molecule has 1 aliphatic heterocycles. The van der Waals surface area contributed by atoms with E-state index in [2.05, 4.69) is 0 Å².